The lowest BCUT2D eigenvalue weighted by Gasteiger charge is -2.30. The zero-order chi connectivity index (χ0) is 38.3. The molecule has 2 atom stereocenters. The maximum absolute atomic E-state index is 3.93. The summed E-state index contributed by atoms with van der Waals surface area (Å²) in [6, 6.07) is 68.2. The Balaban J connectivity index is 0.941. The molecule has 2 heteroatoms. The van der Waals surface area contributed by atoms with Gasteiger partial charge in [-0.15, -0.1) is 0 Å². The zero-order valence-electron chi connectivity index (χ0n) is 32.3. The third kappa shape index (κ3) is 6.54. The molecule has 2 unspecified atom stereocenters. The van der Waals surface area contributed by atoms with Gasteiger partial charge in [0.05, 0.1) is 6.04 Å². The highest BCUT2D eigenvalue weighted by atomic mass is 14.9. The van der Waals surface area contributed by atoms with E-state index in [0.29, 0.717) is 0 Å². The van der Waals surface area contributed by atoms with Crippen molar-refractivity contribution in [3.63, 3.8) is 0 Å². The van der Waals surface area contributed by atoms with E-state index >= 15 is 0 Å². The molecule has 0 aromatic heterocycles. The van der Waals surface area contributed by atoms with Crippen molar-refractivity contribution in [1.82, 2.24) is 0 Å². The number of fused-ring (bicyclic) bond motifs is 4. The van der Waals surface area contributed by atoms with E-state index in [0.717, 1.165) is 17.1 Å². The summed E-state index contributed by atoms with van der Waals surface area (Å²) in [6.07, 6.45) is 7.09. The molecule has 2 aliphatic carbocycles. The Morgan fingerprint density at radius 2 is 1.05 bits per heavy atom. The number of anilines is 3. The van der Waals surface area contributed by atoms with Crippen molar-refractivity contribution >= 4 is 33.4 Å². The highest BCUT2D eigenvalue weighted by Gasteiger charge is 2.37. The molecule has 57 heavy (non-hydrogen) atoms. The van der Waals surface area contributed by atoms with E-state index in [2.05, 4.69) is 231 Å². The minimum Gasteiger partial charge on any atom is -0.378 e. The van der Waals surface area contributed by atoms with Gasteiger partial charge >= 0.3 is 0 Å². The van der Waals surface area contributed by atoms with Crippen LogP contribution in [0.5, 0.6) is 0 Å². The predicted octanol–water partition coefficient (Wildman–Crippen LogP) is 14.4. The van der Waals surface area contributed by atoms with Crippen LogP contribution in [0.25, 0.3) is 49.7 Å². The van der Waals surface area contributed by atoms with Gasteiger partial charge in [0.2, 0.25) is 0 Å². The van der Waals surface area contributed by atoms with Crippen LogP contribution in [0.3, 0.4) is 0 Å². The zero-order valence-corrected chi connectivity index (χ0v) is 32.3. The molecule has 0 heterocycles. The molecule has 0 aliphatic heterocycles. The van der Waals surface area contributed by atoms with Gasteiger partial charge in [0, 0.05) is 28.4 Å². The van der Waals surface area contributed by atoms with Crippen molar-refractivity contribution in [2.45, 2.75) is 31.2 Å². The van der Waals surface area contributed by atoms with Gasteiger partial charge in [-0.2, -0.15) is 0 Å². The third-order valence-electron chi connectivity index (χ3n) is 12.0. The highest BCUT2D eigenvalue weighted by molar-refractivity contribution is 5.96. The van der Waals surface area contributed by atoms with E-state index in [1.54, 1.807) is 0 Å². The lowest BCUT2D eigenvalue weighted by molar-refractivity contribution is 0.657. The molecular weight excluding hydrogens is 689 g/mol. The van der Waals surface area contributed by atoms with Gasteiger partial charge in [-0.3, -0.25) is 0 Å². The van der Waals surface area contributed by atoms with Crippen molar-refractivity contribution in [1.29, 1.82) is 0 Å². The first-order valence-corrected chi connectivity index (χ1v) is 20.0. The number of benzene rings is 8. The summed E-state index contributed by atoms with van der Waals surface area (Å²) in [7, 11) is 0. The largest absolute Gasteiger partial charge is 0.378 e. The molecule has 10 rings (SSSR count). The predicted molar refractivity (Wildman–Crippen MR) is 242 cm³/mol. The van der Waals surface area contributed by atoms with Crippen molar-refractivity contribution < 1.29 is 0 Å². The van der Waals surface area contributed by atoms with E-state index < -0.39 is 0 Å². The van der Waals surface area contributed by atoms with E-state index in [1.807, 2.05) is 0 Å². The minimum absolute atomic E-state index is 0.0786. The fourth-order valence-corrected chi connectivity index (χ4v) is 8.94. The molecule has 0 fully saturated rings. The second-order valence-corrected chi connectivity index (χ2v) is 15.9. The molecule has 0 bridgehead atoms. The lowest BCUT2D eigenvalue weighted by atomic mass is 9.78. The number of rotatable bonds is 8. The van der Waals surface area contributed by atoms with Crippen molar-refractivity contribution in [3.05, 3.63) is 229 Å². The molecule has 0 saturated heterocycles. The number of hydrogen-bond acceptors (Lipinski definition) is 2. The summed E-state index contributed by atoms with van der Waals surface area (Å²) >= 11 is 0. The summed E-state index contributed by atoms with van der Waals surface area (Å²) in [5, 5.41) is 10.1. The summed E-state index contributed by atoms with van der Waals surface area (Å²) in [5.41, 5.74) is 17.2. The Labute approximate surface area is 335 Å². The number of nitrogens with one attached hydrogen (secondary N) is 2. The highest BCUT2D eigenvalue weighted by Crippen LogP contribution is 2.51. The van der Waals surface area contributed by atoms with Crippen LogP contribution in [0.1, 0.15) is 42.0 Å². The summed E-state index contributed by atoms with van der Waals surface area (Å²) in [6.45, 7) is 4.75. The average Bonchev–Trinajstić information content (AvgIpc) is 3.49. The maximum atomic E-state index is 3.93. The van der Waals surface area contributed by atoms with Crippen molar-refractivity contribution in [3.8, 4) is 33.4 Å². The summed E-state index contributed by atoms with van der Waals surface area (Å²) < 4.78 is 0. The summed E-state index contributed by atoms with van der Waals surface area (Å²) in [5.74, 6) is 0.129. The second kappa shape index (κ2) is 14.3. The Morgan fingerprint density at radius 1 is 0.456 bits per heavy atom. The van der Waals surface area contributed by atoms with E-state index in [1.165, 1.54) is 72.0 Å². The van der Waals surface area contributed by atoms with Crippen molar-refractivity contribution in [2.75, 3.05) is 10.6 Å². The molecular formula is C55H44N2. The molecule has 8 aromatic rings. The molecule has 2 aliphatic rings. The van der Waals surface area contributed by atoms with Gasteiger partial charge in [0.25, 0.3) is 0 Å². The van der Waals surface area contributed by atoms with Crippen LogP contribution in [0, 0.1) is 0 Å². The van der Waals surface area contributed by atoms with Gasteiger partial charge in [0.1, 0.15) is 0 Å². The van der Waals surface area contributed by atoms with Crippen LogP contribution < -0.4 is 10.6 Å². The molecule has 8 aromatic carbocycles. The van der Waals surface area contributed by atoms with Gasteiger partial charge in [-0.05, 0) is 108 Å². The molecule has 2 nitrogen and oxygen atoms in total. The Morgan fingerprint density at radius 3 is 1.82 bits per heavy atom. The van der Waals surface area contributed by atoms with Crippen LogP contribution in [-0.2, 0) is 5.41 Å². The van der Waals surface area contributed by atoms with Crippen LogP contribution in [0.2, 0.25) is 0 Å². The Hall–Kier alpha value is -6.90. The van der Waals surface area contributed by atoms with E-state index in [-0.39, 0.29) is 17.4 Å². The van der Waals surface area contributed by atoms with Crippen LogP contribution in [0.4, 0.5) is 17.1 Å². The van der Waals surface area contributed by atoms with Gasteiger partial charge in [-0.25, -0.2) is 0 Å². The second-order valence-electron chi connectivity index (χ2n) is 15.9. The minimum atomic E-state index is -0.160. The van der Waals surface area contributed by atoms with Crippen LogP contribution >= 0.6 is 0 Å². The maximum Gasteiger partial charge on any atom is 0.0551 e. The Bertz CT molecular complexity index is 2790. The van der Waals surface area contributed by atoms with Gasteiger partial charge in [-0.1, -0.05) is 184 Å². The lowest BCUT2D eigenvalue weighted by Crippen LogP contribution is -2.27. The Kier molecular flexibility index (Phi) is 8.68. The number of hydrogen-bond donors (Lipinski definition) is 2. The third-order valence-corrected chi connectivity index (χ3v) is 12.0. The normalized spacial score (nSPS) is 16.4. The first-order valence-electron chi connectivity index (χ1n) is 20.0. The molecule has 0 radical (unpaired) electrons. The average molecular weight is 733 g/mol. The van der Waals surface area contributed by atoms with Gasteiger partial charge < -0.3 is 10.6 Å². The van der Waals surface area contributed by atoms with E-state index in [4.69, 9.17) is 0 Å². The molecule has 274 valence electrons. The summed E-state index contributed by atoms with van der Waals surface area (Å²) in [4.78, 5) is 0. The fourth-order valence-electron chi connectivity index (χ4n) is 8.94. The van der Waals surface area contributed by atoms with Crippen LogP contribution in [-0.4, -0.2) is 6.04 Å². The molecule has 2 N–H and O–H groups in total. The molecule has 0 amide bonds. The van der Waals surface area contributed by atoms with E-state index in [9.17, 15) is 0 Å². The molecule has 0 spiro atoms. The first-order chi connectivity index (χ1) is 28.0. The van der Waals surface area contributed by atoms with Gasteiger partial charge in [0.15, 0.2) is 0 Å². The van der Waals surface area contributed by atoms with Crippen LogP contribution in [0.15, 0.2) is 206 Å². The standard InChI is InChI=1S/C55H44N2/c1-55(2)52-35-43(24-31-49(52)50-32-30-46(36-53(50)55)56-44-26-20-39(21-27-44)37-12-5-3-6-13-37)51-34-42(38-14-7-4-8-15-38)25-33-54(51)57-45-28-22-41(23-29-45)48-19-11-17-40-16-9-10-18-47(40)48/h3-36,51,54,56-57H,1-2H3. The SMILES string of the molecule is CC1(C)c2cc(Nc3ccc(-c4ccccc4)cc3)ccc2-c2ccc(C3C=C(c4ccccc4)C=CC3Nc3ccc(-c4cccc5ccccc45)cc3)cc21. The fraction of sp³-hybridized carbons (Fsp3) is 0.0909. The first kappa shape index (κ1) is 34.6. The number of allylic oxidation sites excluding steroid dienone is 2. The van der Waals surface area contributed by atoms with Crippen molar-refractivity contribution in [2.24, 2.45) is 0 Å². The molecule has 0 saturated carbocycles. The topological polar surface area (TPSA) is 24.1 Å². The quantitative estimate of drug-likeness (QED) is 0.163. The monoisotopic (exact) mass is 732 g/mol. The smallest absolute Gasteiger partial charge is 0.0551 e.